The second-order valence-corrected chi connectivity index (χ2v) is 8.29. The minimum Gasteiger partial charge on any atom is -0.497 e. The van der Waals surface area contributed by atoms with Gasteiger partial charge in [-0.1, -0.05) is 6.07 Å². The van der Waals surface area contributed by atoms with Gasteiger partial charge in [-0.05, 0) is 61.7 Å². The van der Waals surface area contributed by atoms with Gasteiger partial charge in [0.2, 0.25) is 10.0 Å². The highest BCUT2D eigenvalue weighted by atomic mass is 32.2. The van der Waals surface area contributed by atoms with Crippen LogP contribution in [0.5, 0.6) is 5.75 Å². The highest BCUT2D eigenvalue weighted by molar-refractivity contribution is 7.92. The van der Waals surface area contributed by atoms with Crippen LogP contribution in [0.2, 0.25) is 0 Å². The molecule has 0 unspecified atom stereocenters. The predicted octanol–water partition coefficient (Wildman–Crippen LogP) is 3.05. The number of hydrogen-bond donors (Lipinski definition) is 1. The summed E-state index contributed by atoms with van der Waals surface area (Å²) in [5.74, 6) is 0.446. The summed E-state index contributed by atoms with van der Waals surface area (Å²) in [6.07, 6.45) is 1.55. The Morgan fingerprint density at radius 1 is 1.23 bits per heavy atom. The molecule has 0 saturated heterocycles. The first-order valence-corrected chi connectivity index (χ1v) is 10.1. The Kier molecular flexibility index (Phi) is 5.18. The van der Waals surface area contributed by atoms with Crippen molar-refractivity contribution in [1.29, 1.82) is 0 Å². The third-order valence-electron chi connectivity index (χ3n) is 4.45. The average molecular weight is 374 g/mol. The van der Waals surface area contributed by atoms with E-state index >= 15 is 0 Å². The van der Waals surface area contributed by atoms with Gasteiger partial charge in [0.15, 0.2) is 0 Å². The molecular formula is C19H22N2O4S. The van der Waals surface area contributed by atoms with E-state index in [-0.39, 0.29) is 11.7 Å². The van der Waals surface area contributed by atoms with E-state index in [4.69, 9.17) is 4.74 Å². The number of aryl methyl sites for hydroxylation is 1. The maximum absolute atomic E-state index is 12.4. The minimum atomic E-state index is -3.29. The monoisotopic (exact) mass is 374 g/mol. The molecule has 0 fully saturated rings. The van der Waals surface area contributed by atoms with Gasteiger partial charge in [0.05, 0.1) is 18.6 Å². The quantitative estimate of drug-likeness (QED) is 0.873. The van der Waals surface area contributed by atoms with Crippen molar-refractivity contribution in [3.63, 3.8) is 0 Å². The van der Waals surface area contributed by atoms with E-state index < -0.39 is 10.0 Å². The number of sulfonamides is 1. The molecule has 1 N–H and O–H groups in total. The van der Waals surface area contributed by atoms with E-state index in [1.54, 1.807) is 50.4 Å². The molecule has 0 saturated carbocycles. The van der Waals surface area contributed by atoms with Gasteiger partial charge < -0.3 is 10.1 Å². The van der Waals surface area contributed by atoms with Crippen LogP contribution in [0, 0.1) is 0 Å². The van der Waals surface area contributed by atoms with Crippen LogP contribution in [-0.2, 0) is 16.4 Å². The number of fused-ring (bicyclic) bond motifs is 1. The van der Waals surface area contributed by atoms with Crippen LogP contribution in [0.25, 0.3) is 0 Å². The van der Waals surface area contributed by atoms with Gasteiger partial charge in [0.1, 0.15) is 5.75 Å². The molecule has 7 heteroatoms. The summed E-state index contributed by atoms with van der Waals surface area (Å²) in [6, 6.07) is 12.3. The molecule has 3 rings (SSSR count). The third kappa shape index (κ3) is 3.67. The summed E-state index contributed by atoms with van der Waals surface area (Å²) in [4.78, 5) is 12.4. The number of nitrogens with one attached hydrogen (secondary N) is 1. The van der Waals surface area contributed by atoms with E-state index in [1.807, 2.05) is 6.07 Å². The number of carbonyl (C=O) groups excluding carboxylic acids is 1. The first-order valence-electron chi connectivity index (χ1n) is 8.53. The summed E-state index contributed by atoms with van der Waals surface area (Å²) in [5, 5.41) is 2.86. The summed E-state index contributed by atoms with van der Waals surface area (Å²) < 4.78 is 31.2. The Morgan fingerprint density at radius 2 is 2.04 bits per heavy atom. The molecule has 0 spiro atoms. The molecule has 1 aliphatic rings. The summed E-state index contributed by atoms with van der Waals surface area (Å²) in [6.45, 7) is 2.14. The lowest BCUT2D eigenvalue weighted by molar-refractivity contribution is 0.102. The standard InChI is InChI=1S/C19H22N2O4S/c1-3-26(23,24)21-11-5-7-14-12-16(9-10-18(14)21)20-19(22)15-6-4-8-17(13-15)25-2/h4,6,8-10,12-13H,3,5,7,11H2,1-2H3,(H,20,22). The molecule has 1 aliphatic heterocycles. The fourth-order valence-electron chi connectivity index (χ4n) is 3.05. The van der Waals surface area contributed by atoms with E-state index in [0.717, 1.165) is 18.4 Å². The van der Waals surface area contributed by atoms with Crippen LogP contribution in [0.3, 0.4) is 0 Å². The molecule has 26 heavy (non-hydrogen) atoms. The average Bonchev–Trinajstić information content (AvgIpc) is 2.67. The second-order valence-electron chi connectivity index (χ2n) is 6.11. The number of benzene rings is 2. The molecule has 1 heterocycles. The fraction of sp³-hybridized carbons (Fsp3) is 0.316. The van der Waals surface area contributed by atoms with E-state index in [1.165, 1.54) is 4.31 Å². The van der Waals surface area contributed by atoms with Gasteiger partial charge in [-0.2, -0.15) is 0 Å². The summed E-state index contributed by atoms with van der Waals surface area (Å²) >= 11 is 0. The zero-order valence-electron chi connectivity index (χ0n) is 14.9. The lowest BCUT2D eigenvalue weighted by Crippen LogP contribution is -2.36. The molecule has 0 atom stereocenters. The van der Waals surface area contributed by atoms with Crippen LogP contribution in [-0.4, -0.2) is 33.7 Å². The number of rotatable bonds is 5. The van der Waals surface area contributed by atoms with Crippen molar-refractivity contribution in [1.82, 2.24) is 0 Å². The molecule has 0 radical (unpaired) electrons. The van der Waals surface area contributed by atoms with Gasteiger partial charge in [-0.15, -0.1) is 0 Å². The zero-order chi connectivity index (χ0) is 18.7. The van der Waals surface area contributed by atoms with Gasteiger partial charge in [-0.3, -0.25) is 9.10 Å². The molecule has 138 valence electrons. The number of carbonyl (C=O) groups is 1. The molecule has 2 aromatic carbocycles. The maximum Gasteiger partial charge on any atom is 0.255 e. The second kappa shape index (κ2) is 7.37. The lowest BCUT2D eigenvalue weighted by atomic mass is 10.0. The first kappa shape index (κ1) is 18.3. The Morgan fingerprint density at radius 3 is 2.77 bits per heavy atom. The van der Waals surface area contributed by atoms with Crippen molar-refractivity contribution < 1.29 is 17.9 Å². The Hall–Kier alpha value is -2.54. The van der Waals surface area contributed by atoms with E-state index in [2.05, 4.69) is 5.32 Å². The highest BCUT2D eigenvalue weighted by Gasteiger charge is 2.26. The minimum absolute atomic E-state index is 0.0702. The van der Waals surface area contributed by atoms with Crippen LogP contribution >= 0.6 is 0 Å². The Bertz CT molecular complexity index is 925. The molecule has 1 amide bonds. The van der Waals surface area contributed by atoms with Crippen LogP contribution < -0.4 is 14.4 Å². The van der Waals surface area contributed by atoms with E-state index in [9.17, 15) is 13.2 Å². The zero-order valence-corrected chi connectivity index (χ0v) is 15.7. The van der Waals surface area contributed by atoms with Crippen molar-refractivity contribution in [3.8, 4) is 5.75 Å². The smallest absolute Gasteiger partial charge is 0.255 e. The normalized spacial score (nSPS) is 13.8. The number of methoxy groups -OCH3 is 1. The Balaban J connectivity index is 1.84. The topological polar surface area (TPSA) is 75.7 Å². The number of amides is 1. The number of ether oxygens (including phenoxy) is 1. The van der Waals surface area contributed by atoms with Gasteiger partial charge >= 0.3 is 0 Å². The number of hydrogen-bond acceptors (Lipinski definition) is 4. The van der Waals surface area contributed by atoms with Gasteiger partial charge in [-0.25, -0.2) is 8.42 Å². The predicted molar refractivity (Wildman–Crippen MR) is 103 cm³/mol. The molecule has 6 nitrogen and oxygen atoms in total. The highest BCUT2D eigenvalue weighted by Crippen LogP contribution is 2.32. The fourth-order valence-corrected chi connectivity index (χ4v) is 4.25. The summed E-state index contributed by atoms with van der Waals surface area (Å²) in [7, 11) is -1.74. The lowest BCUT2D eigenvalue weighted by Gasteiger charge is -2.30. The van der Waals surface area contributed by atoms with Crippen molar-refractivity contribution in [2.24, 2.45) is 0 Å². The van der Waals surface area contributed by atoms with Crippen LogP contribution in [0.15, 0.2) is 42.5 Å². The van der Waals surface area contributed by atoms with Crippen LogP contribution in [0.1, 0.15) is 29.3 Å². The van der Waals surface area contributed by atoms with Crippen LogP contribution in [0.4, 0.5) is 11.4 Å². The molecular weight excluding hydrogens is 352 g/mol. The first-order chi connectivity index (χ1) is 12.4. The molecule has 0 bridgehead atoms. The molecule has 0 aliphatic carbocycles. The number of anilines is 2. The van der Waals surface area contributed by atoms with Crippen molar-refractivity contribution in [2.75, 3.05) is 29.0 Å². The van der Waals surface area contributed by atoms with Crippen molar-refractivity contribution in [3.05, 3.63) is 53.6 Å². The Labute approximate surface area is 153 Å². The van der Waals surface area contributed by atoms with Crippen molar-refractivity contribution >= 4 is 27.3 Å². The van der Waals surface area contributed by atoms with E-state index in [0.29, 0.717) is 29.2 Å². The maximum atomic E-state index is 12.4. The summed E-state index contributed by atoms with van der Waals surface area (Å²) in [5.41, 5.74) is 2.78. The molecule has 0 aromatic heterocycles. The van der Waals surface area contributed by atoms with Gasteiger partial charge in [0.25, 0.3) is 5.91 Å². The molecule has 2 aromatic rings. The number of nitrogens with zero attached hydrogens (tertiary/aromatic N) is 1. The largest absolute Gasteiger partial charge is 0.497 e. The third-order valence-corrected chi connectivity index (χ3v) is 6.23. The SMILES string of the molecule is CCS(=O)(=O)N1CCCc2cc(NC(=O)c3cccc(OC)c3)ccc21. The van der Waals surface area contributed by atoms with Gasteiger partial charge in [0, 0.05) is 17.8 Å². The van der Waals surface area contributed by atoms with Crippen molar-refractivity contribution in [2.45, 2.75) is 19.8 Å².